The first-order chi connectivity index (χ1) is 15.3. The molecule has 3 unspecified atom stereocenters. The topological polar surface area (TPSA) is 86.4 Å². The van der Waals surface area contributed by atoms with Gasteiger partial charge in [0.1, 0.15) is 18.3 Å². The zero-order valence-corrected chi connectivity index (χ0v) is 19.9. The number of β-amino-alcohol motifs (C(OH)–C–C–N with tert-alkyl or cyclic N) is 1. The van der Waals surface area contributed by atoms with Crippen molar-refractivity contribution in [2.75, 3.05) is 13.1 Å². The molecule has 3 fully saturated rings. The smallest absolute Gasteiger partial charge is 0.187 e. The molecular weight excluding hydrogens is 408 g/mol. The Morgan fingerprint density at radius 3 is 2.56 bits per heavy atom. The highest BCUT2D eigenvalue weighted by molar-refractivity contribution is 5.17. The second-order valence-electron chi connectivity index (χ2n) is 9.82. The van der Waals surface area contributed by atoms with Crippen LogP contribution in [0.3, 0.4) is 0 Å². The van der Waals surface area contributed by atoms with E-state index in [1.165, 1.54) is 0 Å². The molecule has 1 aromatic carbocycles. The summed E-state index contributed by atoms with van der Waals surface area (Å²) < 4.78 is 25.1. The van der Waals surface area contributed by atoms with Crippen LogP contribution < -0.4 is 5.73 Å². The summed E-state index contributed by atoms with van der Waals surface area (Å²) in [6.07, 6.45) is 1.23. The molecule has 0 aromatic heterocycles. The molecule has 3 saturated heterocycles. The first-order valence-corrected chi connectivity index (χ1v) is 12.2. The van der Waals surface area contributed by atoms with Gasteiger partial charge in [-0.2, -0.15) is 0 Å². The lowest BCUT2D eigenvalue weighted by Crippen LogP contribution is -2.50. The van der Waals surface area contributed by atoms with E-state index in [0.29, 0.717) is 12.6 Å². The molecule has 7 heteroatoms. The van der Waals surface area contributed by atoms with Gasteiger partial charge in [0.2, 0.25) is 0 Å². The van der Waals surface area contributed by atoms with Crippen LogP contribution in [0.1, 0.15) is 65.0 Å². The third-order valence-electron chi connectivity index (χ3n) is 7.07. The molecule has 8 atom stereocenters. The van der Waals surface area contributed by atoms with Crippen molar-refractivity contribution in [3.63, 3.8) is 0 Å². The van der Waals surface area contributed by atoms with Gasteiger partial charge in [-0.1, -0.05) is 44.2 Å². The Morgan fingerprint density at radius 2 is 1.88 bits per heavy atom. The molecule has 3 heterocycles. The molecule has 4 rings (SSSR count). The number of aliphatic hydroxyl groups excluding tert-OH is 1. The standard InChI is InChI=1S/C25H40N2O5/c1-5-17(26)18-13-10-14-27(18)15-19(28)21-22-23(32-25(3,4)31-22)24(30-21)29-20(6-2)16-11-8-7-9-12-16/h7-9,11-12,17-24,28H,5-6,10,13-15,26H2,1-4H3/t17?,18?,19-,20?,21-,22+,23+,24+/m1/s1. The predicted octanol–water partition coefficient (Wildman–Crippen LogP) is 2.96. The fourth-order valence-corrected chi connectivity index (χ4v) is 5.43. The van der Waals surface area contributed by atoms with Gasteiger partial charge in [-0.3, -0.25) is 4.90 Å². The number of hydrogen-bond donors (Lipinski definition) is 2. The summed E-state index contributed by atoms with van der Waals surface area (Å²) >= 11 is 0. The summed E-state index contributed by atoms with van der Waals surface area (Å²) in [5.74, 6) is -0.742. The van der Waals surface area contributed by atoms with Gasteiger partial charge in [0.15, 0.2) is 12.1 Å². The summed E-state index contributed by atoms with van der Waals surface area (Å²) in [6, 6.07) is 10.6. The van der Waals surface area contributed by atoms with Crippen LogP contribution >= 0.6 is 0 Å². The fraction of sp³-hybridized carbons (Fsp3) is 0.760. The van der Waals surface area contributed by atoms with E-state index in [-0.39, 0.29) is 24.4 Å². The number of ether oxygens (including phenoxy) is 4. The normalized spacial score (nSPS) is 35.0. The highest BCUT2D eigenvalue weighted by atomic mass is 16.8. The van der Waals surface area contributed by atoms with E-state index in [0.717, 1.165) is 37.8 Å². The van der Waals surface area contributed by atoms with E-state index in [9.17, 15) is 5.11 Å². The molecule has 180 valence electrons. The van der Waals surface area contributed by atoms with Crippen molar-refractivity contribution in [1.82, 2.24) is 4.90 Å². The van der Waals surface area contributed by atoms with Gasteiger partial charge in [-0.15, -0.1) is 0 Å². The maximum atomic E-state index is 11.2. The second kappa shape index (κ2) is 10.1. The zero-order valence-electron chi connectivity index (χ0n) is 19.9. The van der Waals surface area contributed by atoms with Crippen LogP contribution in [-0.4, -0.2) is 71.7 Å². The highest BCUT2D eigenvalue weighted by Crippen LogP contribution is 2.42. The summed E-state index contributed by atoms with van der Waals surface area (Å²) in [6.45, 7) is 9.47. The van der Waals surface area contributed by atoms with Crippen LogP contribution in [0.25, 0.3) is 0 Å². The monoisotopic (exact) mass is 448 g/mol. The number of fused-ring (bicyclic) bond motifs is 1. The van der Waals surface area contributed by atoms with Gasteiger partial charge in [0, 0.05) is 18.6 Å². The molecule has 0 amide bonds. The largest absolute Gasteiger partial charge is 0.389 e. The fourth-order valence-electron chi connectivity index (χ4n) is 5.43. The van der Waals surface area contributed by atoms with Crippen LogP contribution in [0, 0.1) is 0 Å². The Morgan fingerprint density at radius 1 is 1.16 bits per heavy atom. The number of nitrogens with two attached hydrogens (primary N) is 1. The van der Waals surface area contributed by atoms with E-state index in [4.69, 9.17) is 24.7 Å². The average molecular weight is 449 g/mol. The van der Waals surface area contributed by atoms with Gasteiger partial charge >= 0.3 is 0 Å². The molecule has 0 spiro atoms. The van der Waals surface area contributed by atoms with Crippen LogP contribution in [0.15, 0.2) is 30.3 Å². The third kappa shape index (κ3) is 5.04. The lowest BCUT2D eigenvalue weighted by atomic mass is 10.0. The Kier molecular flexibility index (Phi) is 7.56. The molecule has 0 bridgehead atoms. The number of aliphatic hydroxyl groups is 1. The minimum absolute atomic E-state index is 0.115. The Hall–Kier alpha value is -1.06. The third-order valence-corrected chi connectivity index (χ3v) is 7.07. The molecule has 0 aliphatic carbocycles. The first kappa shape index (κ1) is 24.1. The molecule has 3 aliphatic rings. The van der Waals surface area contributed by atoms with E-state index >= 15 is 0 Å². The molecule has 1 aromatic rings. The van der Waals surface area contributed by atoms with E-state index in [1.54, 1.807) is 0 Å². The van der Waals surface area contributed by atoms with Crippen LogP contribution in [0.2, 0.25) is 0 Å². The van der Waals surface area contributed by atoms with E-state index in [1.807, 2.05) is 32.0 Å². The quantitative estimate of drug-likeness (QED) is 0.601. The summed E-state index contributed by atoms with van der Waals surface area (Å²) in [7, 11) is 0. The van der Waals surface area contributed by atoms with E-state index < -0.39 is 24.3 Å². The predicted molar refractivity (Wildman–Crippen MR) is 122 cm³/mol. The summed E-state index contributed by atoms with van der Waals surface area (Å²) in [4.78, 5) is 2.31. The number of benzene rings is 1. The van der Waals surface area contributed by atoms with Crippen molar-refractivity contribution in [3.05, 3.63) is 35.9 Å². The van der Waals surface area contributed by atoms with E-state index in [2.05, 4.69) is 30.9 Å². The van der Waals surface area contributed by atoms with Crippen molar-refractivity contribution in [2.24, 2.45) is 5.73 Å². The molecule has 7 nitrogen and oxygen atoms in total. The minimum Gasteiger partial charge on any atom is -0.389 e. The second-order valence-corrected chi connectivity index (χ2v) is 9.82. The van der Waals surface area contributed by atoms with Crippen molar-refractivity contribution >= 4 is 0 Å². The van der Waals surface area contributed by atoms with Gasteiger partial charge in [0.05, 0.1) is 12.2 Å². The molecule has 3 N–H and O–H groups in total. The van der Waals surface area contributed by atoms with Crippen molar-refractivity contribution < 1.29 is 24.1 Å². The number of rotatable bonds is 9. The Balaban J connectivity index is 1.47. The first-order valence-electron chi connectivity index (χ1n) is 12.2. The van der Waals surface area contributed by atoms with Crippen LogP contribution in [-0.2, 0) is 18.9 Å². The van der Waals surface area contributed by atoms with Crippen molar-refractivity contribution in [2.45, 2.75) is 108 Å². The number of nitrogens with zero attached hydrogens (tertiary/aromatic N) is 1. The van der Waals surface area contributed by atoms with Gasteiger partial charge in [0.25, 0.3) is 0 Å². The minimum atomic E-state index is -0.742. The zero-order chi connectivity index (χ0) is 22.9. The highest BCUT2D eigenvalue weighted by Gasteiger charge is 2.58. The Bertz CT molecular complexity index is 732. The van der Waals surface area contributed by atoms with Crippen molar-refractivity contribution in [3.8, 4) is 0 Å². The molecular formula is C25H40N2O5. The molecule has 0 radical (unpaired) electrons. The average Bonchev–Trinajstić information content (AvgIpc) is 3.45. The molecule has 0 saturated carbocycles. The van der Waals surface area contributed by atoms with Crippen molar-refractivity contribution in [1.29, 1.82) is 0 Å². The number of hydrogen-bond acceptors (Lipinski definition) is 7. The molecule has 3 aliphatic heterocycles. The summed E-state index contributed by atoms with van der Waals surface area (Å²) in [5, 5.41) is 11.2. The van der Waals surface area contributed by atoms with Gasteiger partial charge in [-0.05, 0) is 51.6 Å². The number of likely N-dealkylation sites (tertiary alicyclic amines) is 1. The van der Waals surface area contributed by atoms with Crippen LogP contribution in [0.4, 0.5) is 0 Å². The summed E-state index contributed by atoms with van der Waals surface area (Å²) in [5.41, 5.74) is 7.45. The lowest BCUT2D eigenvalue weighted by Gasteiger charge is -2.33. The molecule has 32 heavy (non-hydrogen) atoms. The van der Waals surface area contributed by atoms with Gasteiger partial charge < -0.3 is 29.8 Å². The Labute approximate surface area is 192 Å². The SMILES string of the molecule is CCC(O[C@H]1O[C@H]([C@H](O)CN2CCCC2C(N)CC)[C@@H]2OC(C)(C)O[C@H]12)c1ccccc1. The maximum absolute atomic E-state index is 11.2. The van der Waals surface area contributed by atoms with Crippen LogP contribution in [0.5, 0.6) is 0 Å². The van der Waals surface area contributed by atoms with Gasteiger partial charge in [-0.25, -0.2) is 0 Å². The lowest BCUT2D eigenvalue weighted by molar-refractivity contribution is -0.255. The maximum Gasteiger partial charge on any atom is 0.187 e.